The van der Waals surface area contributed by atoms with Crippen LogP contribution in [0.5, 0.6) is 0 Å². The van der Waals surface area contributed by atoms with E-state index in [1.165, 1.54) is 0 Å². The van der Waals surface area contributed by atoms with E-state index in [9.17, 15) is 0 Å². The fourth-order valence-electron chi connectivity index (χ4n) is 2.07. The first kappa shape index (κ1) is 12.8. The number of halogens is 1. The molecule has 0 radical (unpaired) electrons. The molecule has 2 N–H and O–H groups in total. The molecule has 1 heterocycles. The number of benzene rings is 2. The number of amidine groups is 1. The monoisotopic (exact) mass is 284 g/mol. The van der Waals surface area contributed by atoms with Crippen LogP contribution in [0.15, 0.2) is 64.0 Å². The number of rotatable bonds is 3. The van der Waals surface area contributed by atoms with Crippen molar-refractivity contribution < 1.29 is 4.42 Å². The lowest BCUT2D eigenvalue weighted by molar-refractivity contribution is 0.632. The van der Waals surface area contributed by atoms with Crippen LogP contribution in [0.2, 0.25) is 0 Å². The smallest absolute Gasteiger partial charge is 0.160 e. The largest absolute Gasteiger partial charge is 0.454 e. The fraction of sp³-hybridized carbons (Fsp3) is 0.0625. The summed E-state index contributed by atoms with van der Waals surface area (Å²) in [5, 5.41) is 0.993. The lowest BCUT2D eigenvalue weighted by atomic mass is 10.1. The Hall–Kier alpha value is -2.26. The van der Waals surface area contributed by atoms with Gasteiger partial charge in [0.1, 0.15) is 17.3 Å². The molecule has 0 atom stereocenters. The summed E-state index contributed by atoms with van der Waals surface area (Å²) in [6, 6.07) is 17.7. The van der Waals surface area contributed by atoms with Gasteiger partial charge in [0.25, 0.3) is 0 Å². The predicted molar refractivity (Wildman–Crippen MR) is 83.7 cm³/mol. The van der Waals surface area contributed by atoms with E-state index in [2.05, 4.69) is 4.99 Å². The number of nitrogens with zero attached hydrogens (tertiary/aromatic N) is 1. The molecule has 0 aliphatic carbocycles. The van der Waals surface area contributed by atoms with E-state index in [1.54, 1.807) is 0 Å². The molecule has 20 heavy (non-hydrogen) atoms. The van der Waals surface area contributed by atoms with Crippen molar-refractivity contribution in [3.05, 3.63) is 54.6 Å². The van der Waals surface area contributed by atoms with Gasteiger partial charge in [-0.25, -0.2) is 4.99 Å². The quantitative estimate of drug-likeness (QED) is 0.442. The van der Waals surface area contributed by atoms with Crippen molar-refractivity contribution >= 4 is 34.1 Å². The Morgan fingerprint density at radius 1 is 1.10 bits per heavy atom. The highest BCUT2D eigenvalue weighted by molar-refractivity contribution is 6.28. The molecule has 0 saturated heterocycles. The van der Waals surface area contributed by atoms with Gasteiger partial charge in [0, 0.05) is 10.9 Å². The molecule has 3 aromatic rings. The molecule has 0 amide bonds. The maximum atomic E-state index is 5.92. The van der Waals surface area contributed by atoms with Gasteiger partial charge < -0.3 is 10.2 Å². The number of nitrogens with two attached hydrogens (primary N) is 1. The third kappa shape index (κ3) is 2.40. The zero-order chi connectivity index (χ0) is 13.9. The van der Waals surface area contributed by atoms with Crippen LogP contribution in [-0.2, 0) is 0 Å². The Kier molecular flexibility index (Phi) is 3.44. The molecule has 3 nitrogen and oxygen atoms in total. The van der Waals surface area contributed by atoms with Crippen molar-refractivity contribution in [3.8, 4) is 11.3 Å². The Balaban J connectivity index is 2.14. The summed E-state index contributed by atoms with van der Waals surface area (Å²) >= 11 is 5.67. The normalized spacial score (nSPS) is 11.9. The van der Waals surface area contributed by atoms with Crippen LogP contribution in [0.4, 0.5) is 5.69 Å². The Labute approximate surface area is 121 Å². The summed E-state index contributed by atoms with van der Waals surface area (Å²) in [5.74, 6) is 1.38. The standard InChI is InChI=1S/C16H13ClN2O/c17-10-15(18)19-13-8-4-7-12-9-14(20-16(12)13)11-5-2-1-3-6-11/h1-9H,10H2,(H2,18,19). The van der Waals surface area contributed by atoms with Gasteiger partial charge >= 0.3 is 0 Å². The highest BCUT2D eigenvalue weighted by Crippen LogP contribution is 2.33. The molecular formula is C16H13ClN2O. The average molecular weight is 285 g/mol. The lowest BCUT2D eigenvalue weighted by Gasteiger charge is -1.98. The molecule has 1 aromatic heterocycles. The second kappa shape index (κ2) is 5.39. The van der Waals surface area contributed by atoms with Gasteiger partial charge in [-0.15, -0.1) is 11.6 Å². The van der Waals surface area contributed by atoms with Gasteiger partial charge in [-0.3, -0.25) is 0 Å². The molecule has 0 unspecified atom stereocenters. The minimum Gasteiger partial charge on any atom is -0.454 e. The second-order valence-corrected chi connectivity index (χ2v) is 4.68. The highest BCUT2D eigenvalue weighted by atomic mass is 35.5. The molecule has 0 bridgehead atoms. The summed E-state index contributed by atoms with van der Waals surface area (Å²) in [7, 11) is 0. The van der Waals surface area contributed by atoms with Gasteiger partial charge in [0.15, 0.2) is 5.58 Å². The Morgan fingerprint density at radius 2 is 1.90 bits per heavy atom. The summed E-state index contributed by atoms with van der Waals surface area (Å²) in [6.45, 7) is 0. The summed E-state index contributed by atoms with van der Waals surface area (Å²) in [4.78, 5) is 4.28. The molecule has 0 fully saturated rings. The number of aliphatic imine (C=N–C) groups is 1. The summed E-state index contributed by atoms with van der Waals surface area (Å²) < 4.78 is 5.92. The third-order valence-corrected chi connectivity index (χ3v) is 3.26. The number of para-hydroxylation sites is 1. The molecule has 4 heteroatoms. The van der Waals surface area contributed by atoms with Crippen LogP contribution in [0.25, 0.3) is 22.3 Å². The molecule has 3 rings (SSSR count). The maximum Gasteiger partial charge on any atom is 0.160 e. The van der Waals surface area contributed by atoms with E-state index in [0.29, 0.717) is 11.5 Å². The molecular weight excluding hydrogens is 272 g/mol. The Morgan fingerprint density at radius 3 is 2.65 bits per heavy atom. The maximum absolute atomic E-state index is 5.92. The van der Waals surface area contributed by atoms with Crippen LogP contribution < -0.4 is 5.73 Å². The van der Waals surface area contributed by atoms with Crippen LogP contribution in [0.3, 0.4) is 0 Å². The van der Waals surface area contributed by atoms with Gasteiger partial charge in [-0.05, 0) is 12.1 Å². The zero-order valence-corrected chi connectivity index (χ0v) is 11.5. The van der Waals surface area contributed by atoms with Crippen LogP contribution in [-0.4, -0.2) is 11.7 Å². The van der Waals surface area contributed by atoms with E-state index < -0.39 is 0 Å². The van der Waals surface area contributed by atoms with E-state index in [1.807, 2.05) is 54.6 Å². The SMILES string of the molecule is NC(CCl)=Nc1cccc2cc(-c3ccccc3)oc12. The first-order chi connectivity index (χ1) is 9.78. The van der Waals surface area contributed by atoms with E-state index in [0.717, 1.165) is 22.3 Å². The van der Waals surface area contributed by atoms with Crippen molar-refractivity contribution in [1.29, 1.82) is 0 Å². The van der Waals surface area contributed by atoms with Gasteiger partial charge in [0.2, 0.25) is 0 Å². The van der Waals surface area contributed by atoms with E-state index in [4.69, 9.17) is 21.8 Å². The van der Waals surface area contributed by atoms with Crippen molar-refractivity contribution in [1.82, 2.24) is 0 Å². The Bertz CT molecular complexity index is 763. The van der Waals surface area contributed by atoms with Gasteiger partial charge in [-0.1, -0.05) is 42.5 Å². The molecule has 0 spiro atoms. The van der Waals surface area contributed by atoms with E-state index >= 15 is 0 Å². The summed E-state index contributed by atoms with van der Waals surface area (Å²) in [5.41, 5.74) is 8.14. The van der Waals surface area contributed by atoms with Crippen molar-refractivity contribution in [2.75, 3.05) is 5.88 Å². The number of fused-ring (bicyclic) bond motifs is 1. The molecule has 2 aromatic carbocycles. The molecule has 100 valence electrons. The molecule has 0 aliphatic rings. The summed E-state index contributed by atoms with van der Waals surface area (Å²) in [6.07, 6.45) is 0. The molecule has 0 saturated carbocycles. The minimum absolute atomic E-state index is 0.197. The highest BCUT2D eigenvalue weighted by Gasteiger charge is 2.09. The number of hydrogen-bond donors (Lipinski definition) is 1. The zero-order valence-electron chi connectivity index (χ0n) is 10.7. The predicted octanol–water partition coefficient (Wildman–Crippen LogP) is 4.33. The van der Waals surface area contributed by atoms with Crippen molar-refractivity contribution in [2.45, 2.75) is 0 Å². The second-order valence-electron chi connectivity index (χ2n) is 4.41. The van der Waals surface area contributed by atoms with Gasteiger partial charge in [-0.2, -0.15) is 0 Å². The number of hydrogen-bond acceptors (Lipinski definition) is 2. The average Bonchev–Trinajstić information content (AvgIpc) is 2.93. The van der Waals surface area contributed by atoms with Crippen LogP contribution in [0.1, 0.15) is 0 Å². The minimum atomic E-state index is 0.197. The first-order valence-corrected chi connectivity index (χ1v) is 6.78. The van der Waals surface area contributed by atoms with Crippen molar-refractivity contribution in [3.63, 3.8) is 0 Å². The molecule has 0 aliphatic heterocycles. The van der Waals surface area contributed by atoms with Gasteiger partial charge in [0.05, 0.1) is 5.88 Å². The topological polar surface area (TPSA) is 51.5 Å². The lowest BCUT2D eigenvalue weighted by Crippen LogP contribution is -2.12. The fourth-order valence-corrected chi connectivity index (χ4v) is 2.12. The van der Waals surface area contributed by atoms with E-state index in [-0.39, 0.29) is 5.88 Å². The van der Waals surface area contributed by atoms with Crippen molar-refractivity contribution in [2.24, 2.45) is 10.7 Å². The van der Waals surface area contributed by atoms with Crippen LogP contribution in [0, 0.1) is 0 Å². The third-order valence-electron chi connectivity index (χ3n) is 2.98. The van der Waals surface area contributed by atoms with Crippen LogP contribution >= 0.6 is 11.6 Å². The number of furan rings is 1. The first-order valence-electron chi connectivity index (χ1n) is 6.25. The number of alkyl halides is 1.